The molecule has 0 unspecified atom stereocenters. The number of aromatic amines is 1. The fourth-order valence-corrected chi connectivity index (χ4v) is 7.67. The van der Waals surface area contributed by atoms with Crippen molar-refractivity contribution in [3.05, 3.63) is 71.9 Å². The first-order valence-electron chi connectivity index (χ1n) is 24.3. The number of hydrogen-bond donors (Lipinski definition) is 14. The molecule has 1 heterocycles. The standard InChI is InChI=1S/C50H70N10O15/c1-24(2)17-33(54-42(66)26(5)51)44(68)53-27(6)43(67)55-35(20-30-23-52-32-16-12-11-15-31(30)32)46(70)56-34(19-29-13-9-8-10-14-29)45(69)57-37(22-40(64)65)48(72)60-41(28(7)61)49(73)58-36(21-39(62)63)47(71)59-38(50(74)75)18-25(3)4/h8-16,23-28,33-38,41,52,61H,17-22,51H2,1-7H3,(H,53,68)(H,54,66)(H,55,67)(H,56,70)(H,57,69)(H,58,73)(H,59,71)(H,60,72)(H,62,63)(H,64,65)(H,74,75)/t26-,27-,28+,33-,34-,35-,36-,37-,38-,41-/m0/s1. The molecule has 0 aliphatic carbocycles. The molecule has 25 nitrogen and oxygen atoms in total. The number of carboxylic acid groups (broad SMARTS) is 3. The fourth-order valence-electron chi connectivity index (χ4n) is 7.67. The van der Waals surface area contributed by atoms with E-state index in [-0.39, 0.29) is 37.5 Å². The average Bonchev–Trinajstić information content (AvgIpc) is 3.73. The van der Waals surface area contributed by atoms with Gasteiger partial charge in [0.05, 0.1) is 25.0 Å². The van der Waals surface area contributed by atoms with Crippen LogP contribution in [0, 0.1) is 11.8 Å². The van der Waals surface area contributed by atoms with Crippen molar-refractivity contribution in [3.63, 3.8) is 0 Å². The van der Waals surface area contributed by atoms with Gasteiger partial charge < -0.3 is 73.7 Å². The molecule has 15 N–H and O–H groups in total. The second-order valence-electron chi connectivity index (χ2n) is 19.2. The normalized spacial score (nSPS) is 15.2. The average molecular weight is 1050 g/mol. The predicted molar refractivity (Wildman–Crippen MR) is 270 cm³/mol. The van der Waals surface area contributed by atoms with Crippen molar-refractivity contribution in [2.45, 2.75) is 147 Å². The van der Waals surface area contributed by atoms with Crippen LogP contribution in [0.5, 0.6) is 0 Å². The van der Waals surface area contributed by atoms with E-state index in [1.54, 1.807) is 74.6 Å². The van der Waals surface area contributed by atoms with Crippen LogP contribution in [0.1, 0.15) is 85.3 Å². The van der Waals surface area contributed by atoms with Crippen LogP contribution in [-0.4, -0.2) is 151 Å². The molecule has 0 saturated carbocycles. The number of carbonyl (C=O) groups excluding carboxylic acids is 8. The highest BCUT2D eigenvalue weighted by atomic mass is 16.4. The molecule has 75 heavy (non-hydrogen) atoms. The molecule has 10 atom stereocenters. The molecular formula is C50H70N10O15. The van der Waals surface area contributed by atoms with Gasteiger partial charge in [-0.3, -0.25) is 47.9 Å². The van der Waals surface area contributed by atoms with Gasteiger partial charge in [0.15, 0.2) is 0 Å². The molecule has 0 aliphatic heterocycles. The number of benzene rings is 2. The van der Waals surface area contributed by atoms with Crippen molar-refractivity contribution in [2.75, 3.05) is 0 Å². The first kappa shape index (κ1) is 61.4. The van der Waals surface area contributed by atoms with Crippen molar-refractivity contribution in [1.29, 1.82) is 0 Å². The zero-order valence-corrected chi connectivity index (χ0v) is 42.8. The van der Waals surface area contributed by atoms with Gasteiger partial charge in [0.2, 0.25) is 47.3 Å². The Morgan fingerprint density at radius 3 is 1.47 bits per heavy atom. The van der Waals surface area contributed by atoms with E-state index in [9.17, 15) is 73.2 Å². The molecule has 0 aliphatic rings. The summed E-state index contributed by atoms with van der Waals surface area (Å²) in [4.78, 5) is 148. The van der Waals surface area contributed by atoms with Crippen molar-refractivity contribution in [1.82, 2.24) is 47.5 Å². The molecule has 3 aromatic rings. The van der Waals surface area contributed by atoms with Crippen molar-refractivity contribution in [2.24, 2.45) is 17.6 Å². The molecule has 25 heteroatoms. The maximum absolute atomic E-state index is 14.5. The van der Waals surface area contributed by atoms with E-state index >= 15 is 0 Å². The Hall–Kier alpha value is -7.93. The van der Waals surface area contributed by atoms with Gasteiger partial charge in [-0.15, -0.1) is 0 Å². The first-order chi connectivity index (χ1) is 35.2. The number of nitrogens with two attached hydrogens (primary N) is 1. The number of aliphatic carboxylic acids is 3. The minimum Gasteiger partial charge on any atom is -0.481 e. The number of hydrogen-bond acceptors (Lipinski definition) is 13. The third kappa shape index (κ3) is 20.1. The zero-order valence-electron chi connectivity index (χ0n) is 42.8. The van der Waals surface area contributed by atoms with E-state index in [1.807, 2.05) is 13.8 Å². The van der Waals surface area contributed by atoms with E-state index < -0.39 is 138 Å². The minimum atomic E-state index is -2.02. The van der Waals surface area contributed by atoms with Crippen molar-refractivity contribution in [3.8, 4) is 0 Å². The Kier molecular flexibility index (Phi) is 23.8. The lowest BCUT2D eigenvalue weighted by Gasteiger charge is -2.28. The summed E-state index contributed by atoms with van der Waals surface area (Å²) < 4.78 is 0. The number of rotatable bonds is 30. The second kappa shape index (κ2) is 29.1. The number of carbonyl (C=O) groups is 11. The lowest BCUT2D eigenvalue weighted by molar-refractivity contribution is -0.144. The highest BCUT2D eigenvalue weighted by molar-refractivity contribution is 5.99. The Morgan fingerprint density at radius 2 is 0.933 bits per heavy atom. The van der Waals surface area contributed by atoms with E-state index in [1.165, 1.54) is 13.8 Å². The van der Waals surface area contributed by atoms with Crippen LogP contribution in [0.3, 0.4) is 0 Å². The van der Waals surface area contributed by atoms with Crippen molar-refractivity contribution >= 4 is 76.1 Å². The van der Waals surface area contributed by atoms with Crippen LogP contribution >= 0.6 is 0 Å². The lowest BCUT2D eigenvalue weighted by atomic mass is 10.0. The molecule has 0 fully saturated rings. The maximum atomic E-state index is 14.5. The quantitative estimate of drug-likeness (QED) is 0.0369. The molecule has 3 rings (SSSR count). The second-order valence-corrected chi connectivity index (χ2v) is 19.2. The predicted octanol–water partition coefficient (Wildman–Crippen LogP) is -1.29. The number of fused-ring (bicyclic) bond motifs is 1. The Balaban J connectivity index is 1.96. The Morgan fingerprint density at radius 1 is 0.493 bits per heavy atom. The molecule has 410 valence electrons. The molecule has 1 aromatic heterocycles. The highest BCUT2D eigenvalue weighted by Crippen LogP contribution is 2.20. The van der Waals surface area contributed by atoms with E-state index in [2.05, 4.69) is 47.5 Å². The largest absolute Gasteiger partial charge is 0.481 e. The molecule has 0 radical (unpaired) electrons. The summed E-state index contributed by atoms with van der Waals surface area (Å²) in [7, 11) is 0. The van der Waals surface area contributed by atoms with Gasteiger partial charge in [-0.05, 0) is 62.6 Å². The molecule has 0 bridgehead atoms. The number of nitrogens with one attached hydrogen (secondary N) is 9. The molecule has 0 saturated heterocycles. The number of carboxylic acids is 3. The number of para-hydroxylation sites is 1. The summed E-state index contributed by atoms with van der Waals surface area (Å²) in [6.07, 6.45) is -2.67. The summed E-state index contributed by atoms with van der Waals surface area (Å²) in [5, 5.41) is 59.4. The fraction of sp³-hybridized carbons (Fsp3) is 0.500. The number of amides is 8. The topological polar surface area (TPSA) is 407 Å². The third-order valence-electron chi connectivity index (χ3n) is 11.6. The Bertz CT molecular complexity index is 2510. The van der Waals surface area contributed by atoms with Gasteiger partial charge in [-0.25, -0.2) is 4.79 Å². The first-order valence-corrected chi connectivity index (χ1v) is 24.3. The summed E-state index contributed by atoms with van der Waals surface area (Å²) in [6, 6.07) is 1.48. The van der Waals surface area contributed by atoms with Gasteiger partial charge >= 0.3 is 17.9 Å². The van der Waals surface area contributed by atoms with Gasteiger partial charge in [-0.2, -0.15) is 0 Å². The van der Waals surface area contributed by atoms with E-state index in [0.717, 1.165) is 6.92 Å². The number of aliphatic hydroxyl groups excluding tert-OH is 1. The number of aromatic nitrogens is 1. The minimum absolute atomic E-state index is 0.0605. The number of aliphatic hydroxyl groups is 1. The van der Waals surface area contributed by atoms with E-state index in [0.29, 0.717) is 22.0 Å². The van der Waals surface area contributed by atoms with Gasteiger partial charge in [-0.1, -0.05) is 76.2 Å². The summed E-state index contributed by atoms with van der Waals surface area (Å²) >= 11 is 0. The summed E-state index contributed by atoms with van der Waals surface area (Å²) in [5.74, 6) is -13.0. The van der Waals surface area contributed by atoms with E-state index in [4.69, 9.17) is 5.73 Å². The van der Waals surface area contributed by atoms with Gasteiger partial charge in [0.25, 0.3) is 0 Å². The van der Waals surface area contributed by atoms with Crippen LogP contribution in [0.25, 0.3) is 10.9 Å². The highest BCUT2D eigenvalue weighted by Gasteiger charge is 2.37. The van der Waals surface area contributed by atoms with Gasteiger partial charge in [0, 0.05) is 29.9 Å². The van der Waals surface area contributed by atoms with Crippen LogP contribution in [0.15, 0.2) is 60.8 Å². The monoisotopic (exact) mass is 1050 g/mol. The zero-order chi connectivity index (χ0) is 56.3. The van der Waals surface area contributed by atoms with Crippen LogP contribution < -0.4 is 48.3 Å². The number of H-pyrrole nitrogens is 1. The van der Waals surface area contributed by atoms with Gasteiger partial charge in [0.1, 0.15) is 48.3 Å². The maximum Gasteiger partial charge on any atom is 0.326 e. The molecule has 2 aromatic carbocycles. The SMILES string of the molecule is CC(C)C[C@H](NC(=O)[C@H](CC(=O)O)NC(=O)[C@@H](NC(=O)[C@H](CC(=O)O)NC(=O)[C@H](Cc1ccccc1)NC(=O)[C@H](Cc1c[nH]c2ccccc12)NC(=O)[C@H](C)NC(=O)[C@H](CC(C)C)NC(=O)[C@H](C)N)[C@@H](C)O)C(=O)O. The summed E-state index contributed by atoms with van der Waals surface area (Å²) in [5.41, 5.74) is 7.44. The lowest BCUT2D eigenvalue weighted by Crippen LogP contribution is -2.62. The van der Waals surface area contributed by atoms with Crippen LogP contribution in [0.4, 0.5) is 0 Å². The van der Waals surface area contributed by atoms with Crippen LogP contribution in [0.2, 0.25) is 0 Å². The summed E-state index contributed by atoms with van der Waals surface area (Å²) in [6.45, 7) is 10.8. The molecule has 8 amide bonds. The van der Waals surface area contributed by atoms with Crippen LogP contribution in [-0.2, 0) is 65.6 Å². The smallest absolute Gasteiger partial charge is 0.326 e. The molecular weight excluding hydrogens is 981 g/mol. The molecule has 0 spiro atoms. The third-order valence-corrected chi connectivity index (χ3v) is 11.6. The Labute approximate surface area is 432 Å². The van der Waals surface area contributed by atoms with Crippen molar-refractivity contribution < 1.29 is 73.2 Å².